The van der Waals surface area contributed by atoms with Crippen LogP contribution in [0.2, 0.25) is 0 Å². The molecule has 10 saturated heterocycles. The van der Waals surface area contributed by atoms with Crippen LogP contribution in [0.25, 0.3) is 0 Å². The lowest BCUT2D eigenvalue weighted by Gasteiger charge is -2.52. The maximum absolute atomic E-state index is 13.3. The van der Waals surface area contributed by atoms with Crippen molar-refractivity contribution in [1.82, 2.24) is 10.6 Å². The lowest BCUT2D eigenvalue weighted by Crippen LogP contribution is -2.66. The Hall–Kier alpha value is -1.60. The Morgan fingerprint density at radius 1 is 0.300 bits per heavy atom. The first kappa shape index (κ1) is 89.2. The molecule has 10 heterocycles. The molecule has 0 aliphatic carbocycles. The number of amides is 2. The van der Waals surface area contributed by atoms with E-state index in [0.717, 1.165) is 11.1 Å². The Morgan fingerprint density at radius 2 is 0.545 bits per heavy atom. The normalized spacial score (nSPS) is 48.1. The number of fused-ring (bicyclic) bond motifs is 2. The molecule has 2 N–H and O–H groups in total. The quantitative estimate of drug-likeness (QED) is 0.149. The standard InChI is InChI=1S/2C41H62Cl3NO10/c2*1-18-20(3)34(39(50-26(18)9)55-35-21(4)19(2)25(8)49-38(35)52-32-22(5)27(10)48-28(11)23(32)6)54-37-31(45-40(46)41(42,43)44)24(7)33-30(51-37)17-47-36(53-33)29-15-13-12-14-16-29/h2*12-16,18-28,30-39H,17H2,1-11H3,(H,45,46)/t2*18-,19-,20+,21+,22+,23?,24-,25?,26?,27?,28+,30?,31?,32?,33+,34?,35?,36?,37+,38+,39+/m11/s1. The summed E-state index contributed by atoms with van der Waals surface area (Å²) < 4.78 is 115. The summed E-state index contributed by atoms with van der Waals surface area (Å²) in [5.41, 5.74) is 1.75. The highest BCUT2D eigenvalue weighted by atomic mass is 35.6. The average molecular weight is 1670 g/mol. The highest BCUT2D eigenvalue weighted by Crippen LogP contribution is 2.48. The second-order valence-electron chi connectivity index (χ2n) is 34.0. The zero-order valence-corrected chi connectivity index (χ0v) is 72.4. The van der Waals surface area contributed by atoms with Crippen LogP contribution in [0.1, 0.15) is 176 Å². The number of hydrogen-bond donors (Lipinski definition) is 2. The van der Waals surface area contributed by atoms with Gasteiger partial charge in [0, 0.05) is 46.6 Å². The van der Waals surface area contributed by atoms with Gasteiger partial charge in [-0.1, -0.05) is 227 Å². The minimum absolute atomic E-state index is 0.0345. The molecule has 624 valence electrons. The summed E-state index contributed by atoms with van der Waals surface area (Å²) in [6.45, 7) is 47.0. The van der Waals surface area contributed by atoms with Crippen LogP contribution in [-0.2, 0) is 94.9 Å². The number of ether oxygens (including phenoxy) is 18. The fraction of sp³-hybridized carbons (Fsp3) is 0.829. The van der Waals surface area contributed by atoms with Gasteiger partial charge in [0.1, 0.15) is 36.6 Å². The van der Waals surface area contributed by atoms with Gasteiger partial charge in [0.05, 0.1) is 98.5 Å². The maximum atomic E-state index is 13.3. The Balaban J connectivity index is 0.000000218. The molecule has 20 unspecified atom stereocenters. The molecule has 10 fully saturated rings. The lowest BCUT2D eigenvalue weighted by atomic mass is 9.81. The number of alkyl halides is 6. The largest absolute Gasteiger partial charge is 0.375 e. The van der Waals surface area contributed by atoms with Crippen molar-refractivity contribution in [3.63, 3.8) is 0 Å². The minimum atomic E-state index is -2.21. The third-order valence-electron chi connectivity index (χ3n) is 27.2. The van der Waals surface area contributed by atoms with Crippen LogP contribution < -0.4 is 10.6 Å². The SMILES string of the molecule is CC1O[C@@H](C)C(C)C(O[C@@H]2OC(C)[C@H](C)[C@H](C)C2O[C@@H]2OC(C)[C@H](C)[C@H](C)C2O[C@@H]2OC3COC(c4ccccc4)O[C@H]3[C@H](C)C2NC(=O)C(Cl)(Cl)Cl)[C@H]1C.CC1O[C@@H](C)C(C)C(O[C@@H]2OC(C)[C@H](C)[C@H](C)C2O[C@@H]2OC(C)[C@H](C)[C@H](C)C2O[C@@H]2OC3COC(c4ccccc4)O[C@H]3[C@H](C)C2NC(=O)C(Cl)(Cl)Cl)[C@H]1C. The summed E-state index contributed by atoms with van der Waals surface area (Å²) in [4.78, 5) is 26.5. The molecule has 2 aromatic rings. The van der Waals surface area contributed by atoms with Gasteiger partial charge in [-0.25, -0.2) is 0 Å². The minimum Gasteiger partial charge on any atom is -0.375 e. The monoisotopic (exact) mass is 1670 g/mol. The van der Waals surface area contributed by atoms with E-state index in [1.165, 1.54) is 0 Å². The van der Waals surface area contributed by atoms with Crippen molar-refractivity contribution >= 4 is 81.4 Å². The summed E-state index contributed by atoms with van der Waals surface area (Å²) in [5.74, 6) is -1.14. The average Bonchev–Trinajstić information content (AvgIpc) is 0.796. The van der Waals surface area contributed by atoms with E-state index in [2.05, 4.69) is 149 Å². The molecule has 2 amide bonds. The predicted octanol–water partition coefficient (Wildman–Crippen LogP) is 15.2. The highest BCUT2D eigenvalue weighted by Gasteiger charge is 2.58. The van der Waals surface area contributed by atoms with Crippen molar-refractivity contribution in [2.75, 3.05) is 13.2 Å². The molecule has 10 aliphatic rings. The summed E-state index contributed by atoms with van der Waals surface area (Å²) in [6.07, 6.45) is -10.8. The van der Waals surface area contributed by atoms with E-state index in [1.807, 2.05) is 74.5 Å². The summed E-state index contributed by atoms with van der Waals surface area (Å²) in [7, 11) is 0. The van der Waals surface area contributed by atoms with Gasteiger partial charge in [-0.3, -0.25) is 9.59 Å². The maximum Gasteiger partial charge on any atom is 0.272 e. The van der Waals surface area contributed by atoms with Gasteiger partial charge in [-0.05, 0) is 103 Å². The van der Waals surface area contributed by atoms with E-state index in [-0.39, 0.29) is 157 Å². The number of halogens is 6. The second kappa shape index (κ2) is 37.4. The van der Waals surface area contributed by atoms with E-state index >= 15 is 0 Å². The van der Waals surface area contributed by atoms with Crippen molar-refractivity contribution in [3.05, 3.63) is 71.8 Å². The van der Waals surface area contributed by atoms with E-state index in [1.54, 1.807) is 0 Å². The summed E-state index contributed by atoms with van der Waals surface area (Å²) >= 11 is 36.5. The highest BCUT2D eigenvalue weighted by molar-refractivity contribution is 6.76. The zero-order valence-electron chi connectivity index (χ0n) is 67.9. The van der Waals surface area contributed by atoms with Gasteiger partial charge in [0.25, 0.3) is 19.4 Å². The van der Waals surface area contributed by atoms with Crippen LogP contribution in [0.3, 0.4) is 0 Å². The van der Waals surface area contributed by atoms with E-state index in [4.69, 9.17) is 155 Å². The van der Waals surface area contributed by atoms with Crippen LogP contribution in [0, 0.1) is 82.9 Å². The molecule has 0 spiro atoms. The second-order valence-corrected chi connectivity index (χ2v) is 38.6. The molecule has 28 heteroatoms. The number of hydrogen-bond acceptors (Lipinski definition) is 20. The molecule has 0 bridgehead atoms. The molecule has 0 saturated carbocycles. The first-order chi connectivity index (χ1) is 51.7. The smallest absolute Gasteiger partial charge is 0.272 e. The number of carbonyl (C=O) groups is 2. The molecule has 110 heavy (non-hydrogen) atoms. The Kier molecular flexibility index (Phi) is 30.3. The summed E-state index contributed by atoms with van der Waals surface area (Å²) in [5, 5.41) is 5.83. The van der Waals surface area contributed by atoms with Gasteiger partial charge in [-0.2, -0.15) is 0 Å². The zero-order chi connectivity index (χ0) is 80.2. The molecule has 10 aliphatic heterocycles. The molecule has 42 atom stereocenters. The third-order valence-corrected chi connectivity index (χ3v) is 28.2. The summed E-state index contributed by atoms with van der Waals surface area (Å²) in [6, 6.07) is 17.8. The lowest BCUT2D eigenvalue weighted by molar-refractivity contribution is -0.384. The van der Waals surface area contributed by atoms with Crippen molar-refractivity contribution in [1.29, 1.82) is 0 Å². The van der Waals surface area contributed by atoms with Crippen LogP contribution >= 0.6 is 69.6 Å². The number of rotatable bonds is 16. The third kappa shape index (κ3) is 19.8. The van der Waals surface area contributed by atoms with Gasteiger partial charge >= 0.3 is 0 Å². The van der Waals surface area contributed by atoms with E-state index < -0.39 is 131 Å². The first-order valence-electron chi connectivity index (χ1n) is 40.3. The Bertz CT molecular complexity index is 3030. The van der Waals surface area contributed by atoms with Crippen LogP contribution in [-0.4, -0.2) is 192 Å². The van der Waals surface area contributed by atoms with Crippen LogP contribution in [0.4, 0.5) is 0 Å². The first-order valence-corrected chi connectivity index (χ1v) is 42.6. The fourth-order valence-corrected chi connectivity index (χ4v) is 18.0. The molecular weight excluding hydrogens is 1550 g/mol. The van der Waals surface area contributed by atoms with Crippen LogP contribution in [0.15, 0.2) is 60.7 Å². The van der Waals surface area contributed by atoms with Gasteiger partial charge in [-0.15, -0.1) is 0 Å². The molecule has 0 radical (unpaired) electrons. The fourth-order valence-electron chi connectivity index (χ4n) is 17.7. The van der Waals surface area contributed by atoms with Crippen molar-refractivity contribution in [2.24, 2.45) is 82.9 Å². The number of benzene rings is 2. The van der Waals surface area contributed by atoms with E-state index in [0.29, 0.717) is 0 Å². The molecule has 2 aromatic carbocycles. The molecule has 22 nitrogen and oxygen atoms in total. The van der Waals surface area contributed by atoms with Crippen molar-refractivity contribution < 1.29 is 94.9 Å². The van der Waals surface area contributed by atoms with Crippen molar-refractivity contribution in [2.45, 2.75) is 332 Å². The number of nitrogens with one attached hydrogen (secondary N) is 2. The topological polar surface area (TPSA) is 224 Å². The van der Waals surface area contributed by atoms with Gasteiger partial charge < -0.3 is 95.9 Å². The Morgan fingerprint density at radius 3 is 0.809 bits per heavy atom. The molecule has 0 aromatic heterocycles. The molecular formula is C82H124Cl6N2O20. The van der Waals surface area contributed by atoms with Crippen LogP contribution in [0.5, 0.6) is 0 Å². The van der Waals surface area contributed by atoms with Gasteiger partial charge in [0.15, 0.2) is 50.3 Å². The van der Waals surface area contributed by atoms with Gasteiger partial charge in [0.2, 0.25) is 0 Å². The Labute approximate surface area is 682 Å². The van der Waals surface area contributed by atoms with E-state index in [9.17, 15) is 9.59 Å². The number of carbonyl (C=O) groups excluding carboxylic acids is 2. The predicted molar refractivity (Wildman–Crippen MR) is 417 cm³/mol. The van der Waals surface area contributed by atoms with Crippen molar-refractivity contribution in [3.8, 4) is 0 Å². The molecule has 12 rings (SSSR count).